The van der Waals surface area contributed by atoms with Crippen molar-refractivity contribution in [1.82, 2.24) is 0 Å². The van der Waals surface area contributed by atoms with E-state index in [9.17, 15) is 14.4 Å². The molecule has 0 aliphatic heterocycles. The second-order valence-electron chi connectivity index (χ2n) is 17.6. The quantitative estimate of drug-likeness (QED) is 0.0347. The Labute approximate surface area is 348 Å². The van der Waals surface area contributed by atoms with E-state index in [1.54, 1.807) is 0 Å². The van der Waals surface area contributed by atoms with Crippen molar-refractivity contribution < 1.29 is 28.6 Å². The summed E-state index contributed by atoms with van der Waals surface area (Å²) in [7, 11) is 0. The molecule has 0 aromatic rings. The average molecular weight is 793 g/mol. The van der Waals surface area contributed by atoms with Crippen LogP contribution in [0.15, 0.2) is 0 Å². The van der Waals surface area contributed by atoms with Crippen LogP contribution < -0.4 is 0 Å². The summed E-state index contributed by atoms with van der Waals surface area (Å²) in [5, 5.41) is 0. The fourth-order valence-electron chi connectivity index (χ4n) is 7.51. The highest BCUT2D eigenvalue weighted by atomic mass is 16.6. The van der Waals surface area contributed by atoms with Crippen molar-refractivity contribution in [2.45, 2.75) is 284 Å². The normalized spacial score (nSPS) is 11.9. The van der Waals surface area contributed by atoms with E-state index in [-0.39, 0.29) is 31.1 Å². The van der Waals surface area contributed by atoms with Gasteiger partial charge in [0.1, 0.15) is 13.2 Å². The first kappa shape index (κ1) is 54.4. The third kappa shape index (κ3) is 43.5. The summed E-state index contributed by atoms with van der Waals surface area (Å²) in [6.45, 7) is 9.00. The topological polar surface area (TPSA) is 78.9 Å². The monoisotopic (exact) mass is 793 g/mol. The van der Waals surface area contributed by atoms with Crippen LogP contribution >= 0.6 is 0 Å². The molecule has 0 amide bonds. The van der Waals surface area contributed by atoms with Crippen LogP contribution in [0, 0.1) is 5.92 Å². The first-order chi connectivity index (χ1) is 27.4. The Bertz CT molecular complexity index is 841. The van der Waals surface area contributed by atoms with Crippen LogP contribution in [0.2, 0.25) is 0 Å². The van der Waals surface area contributed by atoms with Crippen molar-refractivity contribution in [2.75, 3.05) is 13.2 Å². The molecule has 0 aliphatic carbocycles. The third-order valence-corrected chi connectivity index (χ3v) is 11.3. The van der Waals surface area contributed by atoms with Gasteiger partial charge in [-0.05, 0) is 25.2 Å². The van der Waals surface area contributed by atoms with E-state index in [1.165, 1.54) is 173 Å². The van der Waals surface area contributed by atoms with Gasteiger partial charge in [0.2, 0.25) is 0 Å². The van der Waals surface area contributed by atoms with Gasteiger partial charge < -0.3 is 14.2 Å². The first-order valence-corrected chi connectivity index (χ1v) is 24.9. The number of carbonyl (C=O) groups is 3. The predicted octanol–water partition coefficient (Wildman–Crippen LogP) is 15.9. The molecule has 0 saturated carbocycles. The Hall–Kier alpha value is -1.59. The van der Waals surface area contributed by atoms with Crippen molar-refractivity contribution in [3.63, 3.8) is 0 Å². The number of hydrogen-bond donors (Lipinski definition) is 0. The summed E-state index contributed by atoms with van der Waals surface area (Å²) in [5.74, 6) is -0.0217. The lowest BCUT2D eigenvalue weighted by atomic mass is 10.0. The van der Waals surface area contributed by atoms with E-state index >= 15 is 0 Å². The highest BCUT2D eigenvalue weighted by molar-refractivity contribution is 5.71. The Morgan fingerprint density at radius 1 is 0.339 bits per heavy atom. The maximum atomic E-state index is 12.7. The van der Waals surface area contributed by atoms with Crippen LogP contribution in [0.4, 0.5) is 0 Å². The summed E-state index contributed by atoms with van der Waals surface area (Å²) in [5.41, 5.74) is 0. The van der Waals surface area contributed by atoms with Crippen molar-refractivity contribution in [2.24, 2.45) is 5.92 Å². The Balaban J connectivity index is 4.28. The summed E-state index contributed by atoms with van der Waals surface area (Å²) in [4.78, 5) is 37.8. The smallest absolute Gasteiger partial charge is 0.306 e. The van der Waals surface area contributed by atoms with Crippen molar-refractivity contribution in [3.05, 3.63) is 0 Å². The minimum atomic E-state index is -0.759. The highest BCUT2D eigenvalue weighted by Crippen LogP contribution is 2.17. The van der Waals surface area contributed by atoms with Gasteiger partial charge in [0.05, 0.1) is 0 Å². The van der Waals surface area contributed by atoms with Crippen LogP contribution in [0.5, 0.6) is 0 Å². The van der Waals surface area contributed by atoms with Crippen molar-refractivity contribution in [3.8, 4) is 0 Å². The van der Waals surface area contributed by atoms with Crippen molar-refractivity contribution in [1.29, 1.82) is 0 Å². The van der Waals surface area contributed by atoms with Crippen LogP contribution in [-0.4, -0.2) is 37.2 Å². The van der Waals surface area contributed by atoms with E-state index in [0.29, 0.717) is 19.3 Å². The molecule has 0 spiro atoms. The van der Waals surface area contributed by atoms with Gasteiger partial charge in [-0.15, -0.1) is 0 Å². The molecular formula is C50H96O6. The number of unbranched alkanes of at least 4 members (excludes halogenated alkanes) is 32. The zero-order valence-electron chi connectivity index (χ0n) is 38.1. The SMILES string of the molecule is CCCCCCCCCCCCCCCCC(=O)OC[C@@H](COC(=O)CCCCCCCCCCCCCC(C)C)OC(=O)CCCCCCCCCCCC. The van der Waals surface area contributed by atoms with E-state index in [4.69, 9.17) is 14.2 Å². The Morgan fingerprint density at radius 3 is 0.875 bits per heavy atom. The first-order valence-electron chi connectivity index (χ1n) is 24.9. The number of esters is 3. The van der Waals surface area contributed by atoms with Crippen molar-refractivity contribution >= 4 is 17.9 Å². The van der Waals surface area contributed by atoms with Gasteiger partial charge in [-0.3, -0.25) is 14.4 Å². The van der Waals surface area contributed by atoms with Gasteiger partial charge >= 0.3 is 17.9 Å². The van der Waals surface area contributed by atoms with Gasteiger partial charge in [-0.1, -0.05) is 240 Å². The standard InChI is InChI=1S/C50H96O6/c1-5-7-9-11-13-15-17-18-19-22-26-29-33-37-41-48(51)54-44-47(56-50(53)43-39-35-31-25-16-14-12-10-8-6-2)45-55-49(52)42-38-34-30-27-23-20-21-24-28-32-36-40-46(3)4/h46-47H,5-45H2,1-4H3/t47-/m0/s1. The molecule has 0 aromatic heterocycles. The highest BCUT2D eigenvalue weighted by Gasteiger charge is 2.19. The lowest BCUT2D eigenvalue weighted by molar-refractivity contribution is -0.167. The molecule has 0 bridgehead atoms. The van der Waals surface area contributed by atoms with Crippen LogP contribution in [-0.2, 0) is 28.6 Å². The van der Waals surface area contributed by atoms with Gasteiger partial charge in [0.25, 0.3) is 0 Å². The molecule has 0 N–H and O–H groups in total. The molecule has 0 saturated heterocycles. The summed E-state index contributed by atoms with van der Waals surface area (Å²) in [6, 6.07) is 0. The number of ether oxygens (including phenoxy) is 3. The van der Waals surface area contributed by atoms with Gasteiger partial charge in [-0.25, -0.2) is 0 Å². The largest absolute Gasteiger partial charge is 0.462 e. The predicted molar refractivity (Wildman–Crippen MR) is 238 cm³/mol. The average Bonchev–Trinajstić information content (AvgIpc) is 3.18. The zero-order chi connectivity index (χ0) is 41.0. The minimum absolute atomic E-state index is 0.0631. The number of hydrogen-bond acceptors (Lipinski definition) is 6. The van der Waals surface area contributed by atoms with Gasteiger partial charge in [-0.2, -0.15) is 0 Å². The Morgan fingerprint density at radius 2 is 0.589 bits per heavy atom. The second kappa shape index (κ2) is 44.5. The lowest BCUT2D eigenvalue weighted by Gasteiger charge is -2.18. The fourth-order valence-corrected chi connectivity index (χ4v) is 7.51. The molecule has 0 aromatic carbocycles. The van der Waals surface area contributed by atoms with E-state index in [1.807, 2.05) is 0 Å². The van der Waals surface area contributed by atoms with E-state index in [2.05, 4.69) is 27.7 Å². The summed E-state index contributed by atoms with van der Waals surface area (Å²) >= 11 is 0. The Kier molecular flexibility index (Phi) is 43.2. The maximum absolute atomic E-state index is 12.7. The molecule has 0 radical (unpaired) electrons. The molecule has 0 unspecified atom stereocenters. The van der Waals surface area contributed by atoms with E-state index in [0.717, 1.165) is 63.7 Å². The van der Waals surface area contributed by atoms with Gasteiger partial charge in [0, 0.05) is 19.3 Å². The lowest BCUT2D eigenvalue weighted by Crippen LogP contribution is -2.30. The summed E-state index contributed by atoms with van der Waals surface area (Å²) < 4.78 is 16.8. The second-order valence-corrected chi connectivity index (χ2v) is 17.6. The number of rotatable bonds is 45. The minimum Gasteiger partial charge on any atom is -0.462 e. The summed E-state index contributed by atoms with van der Waals surface area (Å²) in [6.07, 6.45) is 45.1. The molecule has 0 aliphatic rings. The number of carbonyl (C=O) groups excluding carboxylic acids is 3. The molecular weight excluding hydrogens is 697 g/mol. The maximum Gasteiger partial charge on any atom is 0.306 e. The molecule has 6 nitrogen and oxygen atoms in total. The van der Waals surface area contributed by atoms with Crippen LogP contribution in [0.3, 0.4) is 0 Å². The molecule has 56 heavy (non-hydrogen) atoms. The fraction of sp³-hybridized carbons (Fsp3) is 0.940. The van der Waals surface area contributed by atoms with E-state index < -0.39 is 6.10 Å². The van der Waals surface area contributed by atoms with Crippen LogP contribution in [0.25, 0.3) is 0 Å². The molecule has 1 atom stereocenters. The molecule has 0 fully saturated rings. The van der Waals surface area contributed by atoms with Crippen LogP contribution in [0.1, 0.15) is 278 Å². The molecule has 0 rings (SSSR count). The molecule has 6 heteroatoms. The molecule has 0 heterocycles. The van der Waals surface area contributed by atoms with Gasteiger partial charge in [0.15, 0.2) is 6.10 Å². The molecule has 332 valence electrons. The zero-order valence-corrected chi connectivity index (χ0v) is 38.1. The third-order valence-electron chi connectivity index (χ3n) is 11.3.